The largest absolute Gasteiger partial charge is 0.469 e. The summed E-state index contributed by atoms with van der Waals surface area (Å²) in [5, 5.41) is 2.72. The summed E-state index contributed by atoms with van der Waals surface area (Å²) in [7, 11) is 1.23. The number of para-hydroxylation sites is 1. The highest BCUT2D eigenvalue weighted by atomic mass is 19.4. The van der Waals surface area contributed by atoms with Crippen molar-refractivity contribution in [2.75, 3.05) is 19.0 Å². The van der Waals surface area contributed by atoms with Gasteiger partial charge in [-0.1, -0.05) is 12.1 Å². The van der Waals surface area contributed by atoms with Crippen LogP contribution in [0.3, 0.4) is 0 Å². The first-order chi connectivity index (χ1) is 8.45. The zero-order valence-corrected chi connectivity index (χ0v) is 9.67. The van der Waals surface area contributed by atoms with Crippen LogP contribution in [-0.2, 0) is 15.7 Å². The second kappa shape index (κ2) is 4.51. The van der Waals surface area contributed by atoms with Gasteiger partial charge in [0.15, 0.2) is 0 Å². The molecule has 0 saturated carbocycles. The number of hydrogen-bond donors (Lipinski definition) is 1. The summed E-state index contributed by atoms with van der Waals surface area (Å²) in [6.07, 6.45) is -4.00. The molecule has 6 heteroatoms. The average Bonchev–Trinajstić information content (AvgIpc) is 2.35. The predicted octanol–water partition coefficient (Wildman–Crippen LogP) is 2.78. The molecule has 0 amide bonds. The summed E-state index contributed by atoms with van der Waals surface area (Å²) >= 11 is 0. The number of carbonyl (C=O) groups is 1. The molecule has 1 N–H and O–H groups in total. The molecule has 2 rings (SSSR count). The molecule has 0 aromatic heterocycles. The Morgan fingerprint density at radius 1 is 1.44 bits per heavy atom. The minimum Gasteiger partial charge on any atom is -0.469 e. The summed E-state index contributed by atoms with van der Waals surface area (Å²) < 4.78 is 43.1. The maximum atomic E-state index is 12.8. The fourth-order valence-corrected chi connectivity index (χ4v) is 2.18. The van der Waals surface area contributed by atoms with Gasteiger partial charge in [-0.25, -0.2) is 0 Å². The van der Waals surface area contributed by atoms with Crippen LogP contribution in [0.2, 0.25) is 0 Å². The third-order valence-electron chi connectivity index (χ3n) is 3.00. The van der Waals surface area contributed by atoms with E-state index in [-0.39, 0.29) is 5.69 Å². The van der Waals surface area contributed by atoms with Crippen molar-refractivity contribution in [2.45, 2.75) is 18.5 Å². The number of carbonyl (C=O) groups excluding carboxylic acids is 1. The molecule has 1 aromatic carbocycles. The van der Waals surface area contributed by atoms with E-state index < -0.39 is 23.6 Å². The molecule has 0 fully saturated rings. The Kier molecular flexibility index (Phi) is 3.19. The molecule has 0 bridgehead atoms. The number of esters is 1. The van der Waals surface area contributed by atoms with E-state index in [1.165, 1.54) is 19.2 Å². The van der Waals surface area contributed by atoms with Gasteiger partial charge in [-0.15, -0.1) is 0 Å². The van der Waals surface area contributed by atoms with Gasteiger partial charge in [0.1, 0.15) is 0 Å². The van der Waals surface area contributed by atoms with Crippen LogP contribution in [0.4, 0.5) is 18.9 Å². The van der Waals surface area contributed by atoms with Crippen LogP contribution in [-0.4, -0.2) is 19.6 Å². The minimum atomic E-state index is -4.43. The van der Waals surface area contributed by atoms with E-state index in [4.69, 9.17) is 0 Å². The van der Waals surface area contributed by atoms with Crippen molar-refractivity contribution in [3.63, 3.8) is 0 Å². The highest BCUT2D eigenvalue weighted by Crippen LogP contribution is 2.41. The minimum absolute atomic E-state index is 0.00773. The van der Waals surface area contributed by atoms with E-state index >= 15 is 0 Å². The SMILES string of the molecule is COC(=O)C1CCNc2c1cccc2C(F)(F)F. The van der Waals surface area contributed by atoms with Crippen LogP contribution in [0.1, 0.15) is 23.5 Å². The first-order valence-corrected chi connectivity index (χ1v) is 5.47. The average molecular weight is 259 g/mol. The van der Waals surface area contributed by atoms with Crippen molar-refractivity contribution in [2.24, 2.45) is 0 Å². The molecule has 1 atom stereocenters. The topological polar surface area (TPSA) is 38.3 Å². The van der Waals surface area contributed by atoms with Gasteiger partial charge in [0.25, 0.3) is 0 Å². The van der Waals surface area contributed by atoms with Crippen LogP contribution in [0, 0.1) is 0 Å². The summed E-state index contributed by atoms with van der Waals surface area (Å²) in [5.74, 6) is -1.13. The Morgan fingerprint density at radius 3 is 2.78 bits per heavy atom. The third kappa shape index (κ3) is 2.14. The van der Waals surface area contributed by atoms with Gasteiger partial charge in [-0.2, -0.15) is 13.2 Å². The quantitative estimate of drug-likeness (QED) is 0.788. The maximum Gasteiger partial charge on any atom is 0.418 e. The summed E-state index contributed by atoms with van der Waals surface area (Å²) in [5.41, 5.74) is -0.400. The lowest BCUT2D eigenvalue weighted by Gasteiger charge is -2.27. The van der Waals surface area contributed by atoms with Crippen molar-refractivity contribution >= 4 is 11.7 Å². The van der Waals surface area contributed by atoms with Crippen LogP contribution in [0.25, 0.3) is 0 Å². The van der Waals surface area contributed by atoms with Crippen LogP contribution < -0.4 is 5.32 Å². The van der Waals surface area contributed by atoms with E-state index in [2.05, 4.69) is 10.1 Å². The standard InChI is InChI=1S/C12H12F3NO2/c1-18-11(17)8-5-6-16-10-7(8)3-2-4-9(10)12(13,14)15/h2-4,8,16H,5-6H2,1H3. The number of hydrogen-bond acceptors (Lipinski definition) is 3. The van der Waals surface area contributed by atoms with Gasteiger partial charge in [0.05, 0.1) is 24.3 Å². The predicted molar refractivity (Wildman–Crippen MR) is 59.3 cm³/mol. The lowest BCUT2D eigenvalue weighted by atomic mass is 9.89. The molecular weight excluding hydrogens is 247 g/mol. The Labute approximate surface area is 102 Å². The molecule has 98 valence electrons. The number of alkyl halides is 3. The Balaban J connectivity index is 2.50. The molecule has 0 saturated heterocycles. The molecule has 0 spiro atoms. The van der Waals surface area contributed by atoms with Crippen LogP contribution in [0.5, 0.6) is 0 Å². The monoisotopic (exact) mass is 259 g/mol. The first kappa shape index (κ1) is 12.7. The van der Waals surface area contributed by atoms with E-state index in [9.17, 15) is 18.0 Å². The van der Waals surface area contributed by atoms with Gasteiger partial charge in [0, 0.05) is 6.54 Å². The second-order valence-corrected chi connectivity index (χ2v) is 4.06. The Hall–Kier alpha value is -1.72. The second-order valence-electron chi connectivity index (χ2n) is 4.06. The Bertz CT molecular complexity index is 471. The number of nitrogens with one attached hydrogen (secondary N) is 1. The lowest BCUT2D eigenvalue weighted by molar-refractivity contribution is -0.143. The van der Waals surface area contributed by atoms with Gasteiger partial charge in [-0.05, 0) is 18.1 Å². The number of ether oxygens (including phenoxy) is 1. The molecule has 0 aliphatic carbocycles. The molecule has 1 unspecified atom stereocenters. The number of fused-ring (bicyclic) bond motifs is 1. The van der Waals surface area contributed by atoms with Gasteiger partial charge in [0.2, 0.25) is 0 Å². The fourth-order valence-electron chi connectivity index (χ4n) is 2.18. The molecule has 3 nitrogen and oxygen atoms in total. The van der Waals surface area contributed by atoms with Gasteiger partial charge in [-0.3, -0.25) is 4.79 Å². The van der Waals surface area contributed by atoms with E-state index in [1.807, 2.05) is 0 Å². The number of halogens is 3. The normalized spacial score (nSPS) is 18.8. The highest BCUT2D eigenvalue weighted by molar-refractivity contribution is 5.82. The summed E-state index contributed by atoms with van der Waals surface area (Å²) in [4.78, 5) is 11.6. The van der Waals surface area contributed by atoms with Crippen molar-refractivity contribution in [3.05, 3.63) is 29.3 Å². The highest BCUT2D eigenvalue weighted by Gasteiger charge is 2.37. The number of rotatable bonds is 1. The zero-order chi connectivity index (χ0) is 13.3. The number of methoxy groups -OCH3 is 1. The fraction of sp³-hybridized carbons (Fsp3) is 0.417. The van der Waals surface area contributed by atoms with Crippen molar-refractivity contribution in [1.82, 2.24) is 0 Å². The van der Waals surface area contributed by atoms with Crippen LogP contribution in [0.15, 0.2) is 18.2 Å². The van der Waals surface area contributed by atoms with E-state index in [0.29, 0.717) is 18.5 Å². The lowest BCUT2D eigenvalue weighted by Crippen LogP contribution is -2.26. The molecule has 1 aliphatic heterocycles. The summed E-state index contributed by atoms with van der Waals surface area (Å²) in [6.45, 7) is 0.319. The first-order valence-electron chi connectivity index (χ1n) is 5.47. The van der Waals surface area contributed by atoms with Gasteiger partial charge < -0.3 is 10.1 Å². The maximum absolute atomic E-state index is 12.8. The molecule has 1 heterocycles. The van der Waals surface area contributed by atoms with Crippen molar-refractivity contribution in [3.8, 4) is 0 Å². The Morgan fingerprint density at radius 2 is 2.17 bits per heavy atom. The smallest absolute Gasteiger partial charge is 0.418 e. The summed E-state index contributed by atoms with van der Waals surface area (Å²) in [6, 6.07) is 3.84. The van der Waals surface area contributed by atoms with Crippen LogP contribution >= 0.6 is 0 Å². The van der Waals surface area contributed by atoms with E-state index in [0.717, 1.165) is 6.07 Å². The molecule has 0 radical (unpaired) electrons. The zero-order valence-electron chi connectivity index (χ0n) is 9.67. The number of anilines is 1. The van der Waals surface area contributed by atoms with E-state index in [1.54, 1.807) is 0 Å². The van der Waals surface area contributed by atoms with Crippen molar-refractivity contribution < 1.29 is 22.7 Å². The molecule has 18 heavy (non-hydrogen) atoms. The molecular formula is C12H12F3NO2. The third-order valence-corrected chi connectivity index (χ3v) is 3.00. The number of benzene rings is 1. The van der Waals surface area contributed by atoms with Gasteiger partial charge >= 0.3 is 12.1 Å². The van der Waals surface area contributed by atoms with Crippen molar-refractivity contribution in [1.29, 1.82) is 0 Å². The molecule has 1 aliphatic rings. The molecule has 1 aromatic rings.